The number of hydrogen-bond acceptors (Lipinski definition) is 8. The van der Waals surface area contributed by atoms with Crippen molar-refractivity contribution in [2.24, 2.45) is 0 Å². The minimum atomic E-state index is -3.88. The highest BCUT2D eigenvalue weighted by Gasteiger charge is 2.36. The minimum Gasteiger partial charge on any atom is -0.432 e. The van der Waals surface area contributed by atoms with Crippen molar-refractivity contribution in [3.05, 3.63) is 66.1 Å². The molecule has 4 amide bonds. The Balaban J connectivity index is 1.62. The molecule has 2 heterocycles. The fraction of sp³-hybridized carbons (Fsp3) is 0.407. The topological polar surface area (TPSA) is 139 Å². The average molecular weight is 557 g/mol. The van der Waals surface area contributed by atoms with Gasteiger partial charge in [-0.3, -0.25) is 14.5 Å². The number of para-hydroxylation sites is 2. The first-order chi connectivity index (χ1) is 18.8. The lowest BCUT2D eigenvalue weighted by Gasteiger charge is -2.30. The first-order valence-electron chi connectivity index (χ1n) is 12.9. The van der Waals surface area contributed by atoms with Gasteiger partial charge in [-0.05, 0) is 24.1 Å². The van der Waals surface area contributed by atoms with Crippen LogP contribution in [0.5, 0.6) is 0 Å². The van der Waals surface area contributed by atoms with Gasteiger partial charge in [0.2, 0.25) is 0 Å². The summed E-state index contributed by atoms with van der Waals surface area (Å²) >= 11 is 0. The van der Waals surface area contributed by atoms with Gasteiger partial charge in [-0.2, -0.15) is 0 Å². The van der Waals surface area contributed by atoms with Gasteiger partial charge in [0.1, 0.15) is 11.6 Å². The molecule has 1 fully saturated rings. The molecular weight excluding hydrogens is 524 g/mol. The molecule has 1 atom stereocenters. The number of aromatic nitrogens is 1. The van der Waals surface area contributed by atoms with Crippen LogP contribution in [0.2, 0.25) is 0 Å². The van der Waals surface area contributed by atoms with E-state index in [2.05, 4.69) is 10.3 Å². The molecule has 39 heavy (non-hydrogen) atoms. The van der Waals surface area contributed by atoms with Crippen molar-refractivity contribution in [1.82, 2.24) is 20.1 Å². The third-order valence-electron chi connectivity index (χ3n) is 6.27. The van der Waals surface area contributed by atoms with Gasteiger partial charge in [0.15, 0.2) is 15.4 Å². The van der Waals surface area contributed by atoms with Gasteiger partial charge in [0.25, 0.3) is 11.8 Å². The summed E-state index contributed by atoms with van der Waals surface area (Å²) in [6.07, 6.45) is 1.14. The molecule has 12 heteroatoms. The van der Waals surface area contributed by atoms with E-state index < -0.39 is 39.5 Å². The Morgan fingerprint density at radius 3 is 2.44 bits per heavy atom. The van der Waals surface area contributed by atoms with Gasteiger partial charge in [-0.25, -0.2) is 18.2 Å². The van der Waals surface area contributed by atoms with E-state index in [1.807, 2.05) is 6.92 Å². The van der Waals surface area contributed by atoms with Crippen LogP contribution in [0, 0.1) is 0 Å². The van der Waals surface area contributed by atoms with Crippen molar-refractivity contribution in [2.75, 3.05) is 38.6 Å². The maximum absolute atomic E-state index is 13.8. The van der Waals surface area contributed by atoms with Crippen molar-refractivity contribution >= 4 is 38.8 Å². The Bertz CT molecular complexity index is 1370. The zero-order chi connectivity index (χ0) is 27.8. The van der Waals surface area contributed by atoms with Crippen molar-refractivity contribution in [2.45, 2.75) is 31.6 Å². The molecule has 0 bridgehead atoms. The van der Waals surface area contributed by atoms with E-state index in [0.29, 0.717) is 55.8 Å². The Kier molecular flexibility index (Phi) is 9.31. The maximum atomic E-state index is 13.8. The standard InChI is InChI=1S/C27H32N4O7S/c1-2-3-13-31(26(33)24-28-21-11-7-8-12-23(21)38-24)25(32)22(29-27(34)30-14-16-37-17-15-30)19-39(35,36)18-20-9-5-4-6-10-20/h4-12,22H,2-3,13-19H2,1H3,(H,29,34). The van der Waals surface area contributed by atoms with Gasteiger partial charge >= 0.3 is 11.9 Å². The summed E-state index contributed by atoms with van der Waals surface area (Å²) in [4.78, 5) is 46.9. The molecule has 4 rings (SSSR count). The van der Waals surface area contributed by atoms with Crippen LogP contribution in [0.3, 0.4) is 0 Å². The number of urea groups is 1. The molecule has 1 aliphatic heterocycles. The molecular formula is C27H32N4O7S. The van der Waals surface area contributed by atoms with E-state index in [9.17, 15) is 22.8 Å². The fourth-order valence-electron chi connectivity index (χ4n) is 4.22. The minimum absolute atomic E-state index is 0.00947. The number of imide groups is 1. The summed E-state index contributed by atoms with van der Waals surface area (Å²) in [6, 6.07) is 13.3. The molecule has 3 aromatic rings. The lowest BCUT2D eigenvalue weighted by atomic mass is 10.2. The maximum Gasteiger partial charge on any atom is 0.318 e. The highest BCUT2D eigenvalue weighted by molar-refractivity contribution is 7.90. The van der Waals surface area contributed by atoms with Gasteiger partial charge in [-0.15, -0.1) is 0 Å². The van der Waals surface area contributed by atoms with E-state index in [1.54, 1.807) is 54.6 Å². The molecule has 0 radical (unpaired) electrons. The molecule has 1 saturated heterocycles. The number of carbonyl (C=O) groups is 3. The summed E-state index contributed by atoms with van der Waals surface area (Å²) in [7, 11) is -3.88. The number of nitrogens with one attached hydrogen (secondary N) is 1. The van der Waals surface area contributed by atoms with Crippen molar-refractivity contribution in [1.29, 1.82) is 0 Å². The molecule has 1 N–H and O–H groups in total. The third-order valence-corrected chi connectivity index (χ3v) is 7.88. The summed E-state index contributed by atoms with van der Waals surface area (Å²) in [6.45, 7) is 3.16. The summed E-state index contributed by atoms with van der Waals surface area (Å²) in [5.41, 5.74) is 1.38. The number of nitrogens with zero attached hydrogens (tertiary/aromatic N) is 3. The number of morpholine rings is 1. The number of ether oxygens (including phenoxy) is 1. The summed E-state index contributed by atoms with van der Waals surface area (Å²) in [5, 5.41) is 2.58. The molecule has 1 aromatic heterocycles. The van der Waals surface area contributed by atoms with Crippen LogP contribution in [-0.4, -0.2) is 85.7 Å². The monoisotopic (exact) mass is 556 g/mol. The first kappa shape index (κ1) is 28.2. The smallest absolute Gasteiger partial charge is 0.318 e. The number of unbranched alkanes of at least 4 members (excludes halogenated alkanes) is 1. The van der Waals surface area contributed by atoms with Crippen molar-refractivity contribution in [3.8, 4) is 0 Å². The molecule has 0 aliphatic carbocycles. The molecule has 0 saturated carbocycles. The molecule has 1 unspecified atom stereocenters. The normalized spacial score (nSPS) is 14.6. The lowest BCUT2D eigenvalue weighted by molar-refractivity contribution is -0.130. The number of sulfone groups is 1. The van der Waals surface area contributed by atoms with Crippen LogP contribution in [-0.2, 0) is 25.1 Å². The largest absolute Gasteiger partial charge is 0.432 e. The highest BCUT2D eigenvalue weighted by Crippen LogP contribution is 2.18. The molecule has 1 aliphatic rings. The third kappa shape index (κ3) is 7.42. The predicted octanol–water partition coefficient (Wildman–Crippen LogP) is 2.62. The quantitative estimate of drug-likeness (QED) is 0.402. The van der Waals surface area contributed by atoms with Crippen LogP contribution < -0.4 is 5.32 Å². The number of oxazole rings is 1. The number of benzene rings is 2. The number of rotatable bonds is 10. The molecule has 2 aromatic carbocycles. The second kappa shape index (κ2) is 12.9. The SMILES string of the molecule is CCCCN(C(=O)c1nc2ccccc2o1)C(=O)C(CS(=O)(=O)Cc1ccccc1)NC(=O)N1CCOCC1. The van der Waals surface area contributed by atoms with Crippen molar-refractivity contribution < 1.29 is 32.0 Å². The molecule has 0 spiro atoms. The zero-order valence-electron chi connectivity index (χ0n) is 21.7. The van der Waals surface area contributed by atoms with Gasteiger partial charge in [0, 0.05) is 19.6 Å². The molecule has 208 valence electrons. The van der Waals surface area contributed by atoms with Gasteiger partial charge < -0.3 is 19.4 Å². The van der Waals surface area contributed by atoms with Gasteiger partial charge in [-0.1, -0.05) is 55.8 Å². The Labute approximate surface area is 227 Å². The van der Waals surface area contributed by atoms with Crippen LogP contribution in [0.4, 0.5) is 4.79 Å². The number of fused-ring (bicyclic) bond motifs is 1. The number of amides is 4. The first-order valence-corrected chi connectivity index (χ1v) is 14.7. The summed E-state index contributed by atoms with van der Waals surface area (Å²) in [5.74, 6) is -2.92. The Morgan fingerprint density at radius 2 is 1.74 bits per heavy atom. The summed E-state index contributed by atoms with van der Waals surface area (Å²) < 4.78 is 37.3. The lowest BCUT2D eigenvalue weighted by Crippen LogP contribution is -2.57. The van der Waals surface area contributed by atoms with Crippen molar-refractivity contribution in [3.63, 3.8) is 0 Å². The Hall–Kier alpha value is -3.77. The zero-order valence-corrected chi connectivity index (χ0v) is 22.6. The molecule has 11 nitrogen and oxygen atoms in total. The van der Waals surface area contributed by atoms with E-state index in [4.69, 9.17) is 9.15 Å². The van der Waals surface area contributed by atoms with Gasteiger partial charge in [0.05, 0.1) is 24.7 Å². The van der Waals surface area contributed by atoms with E-state index in [1.165, 1.54) is 4.90 Å². The van der Waals surface area contributed by atoms with Crippen LogP contribution in [0.15, 0.2) is 59.0 Å². The number of hydrogen-bond donors (Lipinski definition) is 1. The Morgan fingerprint density at radius 1 is 1.05 bits per heavy atom. The van der Waals surface area contributed by atoms with Crippen LogP contribution >= 0.6 is 0 Å². The second-order valence-corrected chi connectivity index (χ2v) is 11.4. The second-order valence-electron chi connectivity index (χ2n) is 9.28. The highest BCUT2D eigenvalue weighted by atomic mass is 32.2. The van der Waals surface area contributed by atoms with Crippen LogP contribution in [0.25, 0.3) is 11.1 Å². The van der Waals surface area contributed by atoms with E-state index in [0.717, 1.165) is 4.90 Å². The van der Waals surface area contributed by atoms with Crippen LogP contribution in [0.1, 0.15) is 36.0 Å². The van der Waals surface area contributed by atoms with E-state index >= 15 is 0 Å². The predicted molar refractivity (Wildman–Crippen MR) is 144 cm³/mol. The average Bonchev–Trinajstić information content (AvgIpc) is 3.38. The van der Waals surface area contributed by atoms with E-state index in [-0.39, 0.29) is 18.2 Å². The number of carbonyl (C=O) groups excluding carboxylic acids is 3. The fourth-order valence-corrected chi connectivity index (χ4v) is 5.77.